The second kappa shape index (κ2) is 13.1. The number of hydrogen-bond donors (Lipinski definition) is 1. The third-order valence-electron chi connectivity index (χ3n) is 9.75. The van der Waals surface area contributed by atoms with E-state index in [-0.39, 0.29) is 41.4 Å². The summed E-state index contributed by atoms with van der Waals surface area (Å²) in [6.07, 6.45) is 9.42. The Kier molecular flexibility index (Phi) is 9.04. The predicted molar refractivity (Wildman–Crippen MR) is 168 cm³/mol. The fourth-order valence-corrected chi connectivity index (χ4v) is 7.06. The Morgan fingerprint density at radius 2 is 1.75 bits per heavy atom. The summed E-state index contributed by atoms with van der Waals surface area (Å²) in [4.78, 5) is 59.1. The van der Waals surface area contributed by atoms with Gasteiger partial charge in [-0.25, -0.2) is 9.97 Å². The van der Waals surface area contributed by atoms with E-state index in [1.165, 1.54) is 6.92 Å². The molecule has 1 saturated carbocycles. The van der Waals surface area contributed by atoms with E-state index in [1.54, 1.807) is 10.8 Å². The van der Waals surface area contributed by atoms with E-state index in [1.807, 2.05) is 24.1 Å². The van der Waals surface area contributed by atoms with Crippen LogP contribution >= 0.6 is 0 Å². The van der Waals surface area contributed by atoms with E-state index in [0.717, 1.165) is 94.7 Å². The maximum absolute atomic E-state index is 13.5. The van der Waals surface area contributed by atoms with Crippen molar-refractivity contribution in [1.29, 1.82) is 0 Å². The van der Waals surface area contributed by atoms with Gasteiger partial charge in [-0.3, -0.25) is 28.8 Å². The van der Waals surface area contributed by atoms with Crippen LogP contribution in [0.2, 0.25) is 0 Å². The van der Waals surface area contributed by atoms with Crippen LogP contribution in [0.3, 0.4) is 0 Å². The number of rotatable bonds is 9. The van der Waals surface area contributed by atoms with E-state index in [9.17, 15) is 19.5 Å². The Hall–Kier alpha value is -3.70. The normalized spacial score (nSPS) is 20.2. The summed E-state index contributed by atoms with van der Waals surface area (Å²) in [5, 5.41) is 10.1. The molecule has 11 nitrogen and oxygen atoms in total. The lowest BCUT2D eigenvalue weighted by molar-refractivity contribution is -0.135. The lowest BCUT2D eigenvalue weighted by atomic mass is 9.97. The van der Waals surface area contributed by atoms with Gasteiger partial charge in [-0.1, -0.05) is 12.8 Å². The van der Waals surface area contributed by atoms with Crippen LogP contribution in [0, 0.1) is 12.8 Å². The number of aryl methyl sites for hydroxylation is 1. The van der Waals surface area contributed by atoms with Gasteiger partial charge in [0.15, 0.2) is 5.78 Å². The summed E-state index contributed by atoms with van der Waals surface area (Å²) in [5.41, 5.74) is 3.20. The van der Waals surface area contributed by atoms with Crippen molar-refractivity contribution < 1.29 is 14.7 Å². The molecule has 3 aliphatic rings. The van der Waals surface area contributed by atoms with Crippen molar-refractivity contribution in [3.63, 3.8) is 0 Å². The van der Waals surface area contributed by atoms with Gasteiger partial charge in [0, 0.05) is 82.2 Å². The summed E-state index contributed by atoms with van der Waals surface area (Å²) in [6.45, 7) is 9.39. The standard InChI is InChI=1S/C33H43N7O4/c1-22-28-20-35-29(36-32(28)40(26-5-3-4-6-26)33(44)31(22)23(2)42)18-25-7-8-27(19-34-25)38-14-11-37(12-15-38)13-16-39-10-9-24(21-41)17-30(39)43/h7-8,19-20,24,26,41H,3-6,9-18,21H2,1-2H3. The number of Topliss-reactive ketones (excluding diaryl/α,β-unsaturated/α-hetero) is 1. The maximum Gasteiger partial charge on any atom is 0.263 e. The van der Waals surface area contributed by atoms with Gasteiger partial charge in [0.25, 0.3) is 5.56 Å². The smallest absolute Gasteiger partial charge is 0.263 e. The number of nitrogens with zero attached hydrogens (tertiary/aromatic N) is 7. The molecule has 3 aromatic rings. The van der Waals surface area contributed by atoms with E-state index in [2.05, 4.69) is 20.9 Å². The van der Waals surface area contributed by atoms with Crippen LogP contribution in [0.1, 0.15) is 78.9 Å². The first-order valence-corrected chi connectivity index (χ1v) is 16.0. The number of likely N-dealkylation sites (tertiary alicyclic amines) is 1. The SMILES string of the molecule is CC(=O)c1c(C)c2cnc(Cc3ccc(N4CCN(CCN5CCC(CO)CC5=O)CC4)cn3)nc2n(C2CCCC2)c1=O. The van der Waals surface area contributed by atoms with E-state index >= 15 is 0 Å². The Labute approximate surface area is 257 Å². The number of piperazine rings is 1. The van der Waals surface area contributed by atoms with Crippen molar-refractivity contribution in [2.45, 2.75) is 64.8 Å². The molecule has 11 heteroatoms. The van der Waals surface area contributed by atoms with E-state index < -0.39 is 0 Å². The topological polar surface area (TPSA) is 125 Å². The predicted octanol–water partition coefficient (Wildman–Crippen LogP) is 2.76. The number of aliphatic hydroxyl groups is 1. The molecule has 3 aromatic heterocycles. The van der Waals surface area contributed by atoms with Crippen molar-refractivity contribution in [3.8, 4) is 0 Å². The number of anilines is 1. The minimum Gasteiger partial charge on any atom is -0.396 e. The van der Waals surface area contributed by atoms with Gasteiger partial charge >= 0.3 is 0 Å². The number of amides is 1. The summed E-state index contributed by atoms with van der Waals surface area (Å²) in [7, 11) is 0. The number of piperidine rings is 1. The van der Waals surface area contributed by atoms with Crippen LogP contribution < -0.4 is 10.5 Å². The van der Waals surface area contributed by atoms with Gasteiger partial charge in [-0.2, -0.15) is 0 Å². The summed E-state index contributed by atoms with van der Waals surface area (Å²) < 4.78 is 1.75. The van der Waals surface area contributed by atoms with Gasteiger partial charge in [0.1, 0.15) is 11.5 Å². The highest BCUT2D eigenvalue weighted by Crippen LogP contribution is 2.31. The molecule has 0 aromatic carbocycles. The first-order chi connectivity index (χ1) is 21.3. The largest absolute Gasteiger partial charge is 0.396 e. The zero-order valence-electron chi connectivity index (χ0n) is 25.9. The van der Waals surface area contributed by atoms with Crippen LogP contribution in [0.5, 0.6) is 0 Å². The number of aromatic nitrogens is 4. The van der Waals surface area contributed by atoms with Crippen LogP contribution in [-0.2, 0) is 11.2 Å². The molecular weight excluding hydrogens is 558 g/mol. The molecule has 0 spiro atoms. The van der Waals surface area contributed by atoms with Crippen molar-refractivity contribution in [3.05, 3.63) is 57.5 Å². The lowest BCUT2D eigenvalue weighted by Crippen LogP contribution is -2.50. The van der Waals surface area contributed by atoms with Crippen LogP contribution in [-0.4, -0.2) is 98.5 Å². The molecule has 5 heterocycles. The number of carbonyl (C=O) groups excluding carboxylic acids is 2. The second-order valence-electron chi connectivity index (χ2n) is 12.6. The molecule has 6 rings (SSSR count). The van der Waals surface area contributed by atoms with Crippen LogP contribution in [0.4, 0.5) is 5.69 Å². The number of carbonyl (C=O) groups is 2. The highest BCUT2D eigenvalue weighted by Gasteiger charge is 2.27. The highest BCUT2D eigenvalue weighted by molar-refractivity contribution is 5.99. The third-order valence-corrected chi connectivity index (χ3v) is 9.75. The fourth-order valence-electron chi connectivity index (χ4n) is 7.06. The Balaban J connectivity index is 1.09. The zero-order valence-corrected chi connectivity index (χ0v) is 25.9. The molecule has 1 amide bonds. The van der Waals surface area contributed by atoms with Crippen molar-refractivity contribution in [2.24, 2.45) is 5.92 Å². The summed E-state index contributed by atoms with van der Waals surface area (Å²) in [5.74, 6) is 0.665. The van der Waals surface area contributed by atoms with Gasteiger partial charge in [-0.15, -0.1) is 0 Å². The molecule has 234 valence electrons. The Morgan fingerprint density at radius 1 is 0.977 bits per heavy atom. The maximum atomic E-state index is 13.5. The molecule has 1 atom stereocenters. The molecule has 0 bridgehead atoms. The molecule has 0 radical (unpaired) electrons. The molecule has 1 N–H and O–H groups in total. The Bertz CT molecular complexity index is 1570. The summed E-state index contributed by atoms with van der Waals surface area (Å²) >= 11 is 0. The van der Waals surface area contributed by atoms with Crippen molar-refractivity contribution >= 4 is 28.4 Å². The first kappa shape index (κ1) is 30.3. The summed E-state index contributed by atoms with van der Waals surface area (Å²) in [6, 6.07) is 4.17. The quantitative estimate of drug-likeness (QED) is 0.369. The van der Waals surface area contributed by atoms with Crippen molar-refractivity contribution in [2.75, 3.05) is 57.3 Å². The molecule has 3 fully saturated rings. The highest BCUT2D eigenvalue weighted by atomic mass is 16.3. The zero-order chi connectivity index (χ0) is 30.8. The molecular formula is C33H43N7O4. The lowest BCUT2D eigenvalue weighted by Gasteiger charge is -2.38. The first-order valence-electron chi connectivity index (χ1n) is 16.0. The minimum absolute atomic E-state index is 0.0520. The minimum atomic E-state index is -0.238. The van der Waals surface area contributed by atoms with Crippen LogP contribution in [0.25, 0.3) is 11.0 Å². The third kappa shape index (κ3) is 6.25. The second-order valence-corrected chi connectivity index (χ2v) is 12.6. The van der Waals surface area contributed by atoms with Crippen molar-refractivity contribution in [1.82, 2.24) is 29.3 Å². The van der Waals surface area contributed by atoms with Gasteiger partial charge < -0.3 is 14.9 Å². The fraction of sp³-hybridized carbons (Fsp3) is 0.576. The molecule has 2 saturated heterocycles. The number of pyridine rings is 2. The number of ketones is 1. The molecule has 1 unspecified atom stereocenters. The van der Waals surface area contributed by atoms with Crippen LogP contribution in [0.15, 0.2) is 29.3 Å². The monoisotopic (exact) mass is 601 g/mol. The van der Waals surface area contributed by atoms with E-state index in [4.69, 9.17) is 9.97 Å². The number of hydrogen-bond acceptors (Lipinski definition) is 9. The average molecular weight is 602 g/mol. The Morgan fingerprint density at radius 3 is 2.41 bits per heavy atom. The average Bonchev–Trinajstić information content (AvgIpc) is 3.55. The van der Waals surface area contributed by atoms with Gasteiger partial charge in [0.05, 0.1) is 23.9 Å². The molecule has 2 aliphatic heterocycles. The number of fused-ring (bicyclic) bond motifs is 1. The van der Waals surface area contributed by atoms with Gasteiger partial charge in [0.2, 0.25) is 5.91 Å². The van der Waals surface area contributed by atoms with Gasteiger partial charge in [-0.05, 0) is 56.7 Å². The van der Waals surface area contributed by atoms with E-state index in [0.29, 0.717) is 29.9 Å². The number of aliphatic hydroxyl groups excluding tert-OH is 1. The molecule has 1 aliphatic carbocycles. The molecule has 44 heavy (non-hydrogen) atoms.